The van der Waals surface area contributed by atoms with E-state index in [1.165, 1.54) is 24.3 Å². The average molecular weight is 379 g/mol. The maximum atomic E-state index is 12.5. The van der Waals surface area contributed by atoms with Crippen molar-refractivity contribution in [2.24, 2.45) is 0 Å². The quantitative estimate of drug-likeness (QED) is 0.789. The number of alkyl halides is 3. The van der Waals surface area contributed by atoms with Crippen LogP contribution in [0.2, 0.25) is 0 Å². The summed E-state index contributed by atoms with van der Waals surface area (Å²) in [5, 5.41) is 12.9. The van der Waals surface area contributed by atoms with Gasteiger partial charge in [0.05, 0.1) is 24.3 Å². The third-order valence-electron chi connectivity index (χ3n) is 4.09. The standard InChI is InChI=1S/C17H16F3N5O2/c18-17(19,20)12-4-1-11(2-5-12)3-6-15(26)21-9-16(27)25-8-7-13-14(10-25)23-24-22-13/h1-6H,7-10H2,(H,21,26)(H,22,23,24)/b6-3+. The van der Waals surface area contributed by atoms with Crippen LogP contribution in [0.3, 0.4) is 0 Å². The molecule has 2 heterocycles. The third kappa shape index (κ3) is 4.72. The summed E-state index contributed by atoms with van der Waals surface area (Å²) in [6, 6.07) is 4.41. The lowest BCUT2D eigenvalue weighted by Crippen LogP contribution is -2.42. The fourth-order valence-corrected chi connectivity index (χ4v) is 2.60. The largest absolute Gasteiger partial charge is 0.416 e. The van der Waals surface area contributed by atoms with Gasteiger partial charge in [-0.3, -0.25) is 9.59 Å². The molecule has 2 amide bonds. The second-order valence-corrected chi connectivity index (χ2v) is 5.95. The Morgan fingerprint density at radius 2 is 1.89 bits per heavy atom. The molecule has 0 spiro atoms. The van der Waals surface area contributed by atoms with Crippen molar-refractivity contribution in [2.45, 2.75) is 19.1 Å². The zero-order valence-corrected chi connectivity index (χ0v) is 14.1. The monoisotopic (exact) mass is 379 g/mol. The highest BCUT2D eigenvalue weighted by Gasteiger charge is 2.29. The maximum absolute atomic E-state index is 12.5. The smallest absolute Gasteiger partial charge is 0.343 e. The number of H-pyrrole nitrogens is 1. The van der Waals surface area contributed by atoms with Crippen LogP contribution in [0.5, 0.6) is 0 Å². The molecule has 7 nitrogen and oxygen atoms in total. The lowest BCUT2D eigenvalue weighted by atomic mass is 10.1. The van der Waals surface area contributed by atoms with E-state index < -0.39 is 17.6 Å². The first kappa shape index (κ1) is 18.6. The van der Waals surface area contributed by atoms with Crippen LogP contribution >= 0.6 is 0 Å². The molecule has 3 rings (SSSR count). The molecule has 1 aromatic carbocycles. The van der Waals surface area contributed by atoms with Crippen molar-refractivity contribution in [1.29, 1.82) is 0 Å². The molecule has 1 aliphatic rings. The number of hydrogen-bond acceptors (Lipinski definition) is 4. The molecule has 10 heteroatoms. The van der Waals surface area contributed by atoms with E-state index in [0.717, 1.165) is 17.8 Å². The summed E-state index contributed by atoms with van der Waals surface area (Å²) >= 11 is 0. The fourth-order valence-electron chi connectivity index (χ4n) is 2.60. The van der Waals surface area contributed by atoms with Gasteiger partial charge in [-0.1, -0.05) is 12.1 Å². The number of carbonyl (C=O) groups is 2. The van der Waals surface area contributed by atoms with Gasteiger partial charge in [0.25, 0.3) is 0 Å². The molecule has 1 aromatic heterocycles. The summed E-state index contributed by atoms with van der Waals surface area (Å²) in [6.07, 6.45) is -1.26. The molecule has 2 N–H and O–H groups in total. The van der Waals surface area contributed by atoms with Crippen LogP contribution in [0.1, 0.15) is 22.5 Å². The van der Waals surface area contributed by atoms with Crippen molar-refractivity contribution < 1.29 is 22.8 Å². The molecule has 1 aliphatic heterocycles. The van der Waals surface area contributed by atoms with Gasteiger partial charge in [0.15, 0.2) is 0 Å². The molecule has 0 radical (unpaired) electrons. The molecular formula is C17H16F3N5O2. The zero-order chi connectivity index (χ0) is 19.4. The Morgan fingerprint density at radius 1 is 1.19 bits per heavy atom. The van der Waals surface area contributed by atoms with Gasteiger partial charge < -0.3 is 10.2 Å². The van der Waals surface area contributed by atoms with Crippen molar-refractivity contribution in [3.8, 4) is 0 Å². The minimum Gasteiger partial charge on any atom is -0.343 e. The Balaban J connectivity index is 1.48. The number of nitrogens with zero attached hydrogens (tertiary/aromatic N) is 3. The molecule has 0 bridgehead atoms. The number of aromatic nitrogens is 3. The highest BCUT2D eigenvalue weighted by molar-refractivity contribution is 5.94. The second-order valence-electron chi connectivity index (χ2n) is 5.95. The number of amides is 2. The molecule has 27 heavy (non-hydrogen) atoms. The number of rotatable bonds is 4. The molecule has 0 atom stereocenters. The minimum absolute atomic E-state index is 0.177. The van der Waals surface area contributed by atoms with E-state index in [2.05, 4.69) is 20.7 Å². The number of hydrogen-bond donors (Lipinski definition) is 2. The lowest BCUT2D eigenvalue weighted by Gasteiger charge is -2.25. The van der Waals surface area contributed by atoms with Crippen LogP contribution < -0.4 is 5.32 Å². The van der Waals surface area contributed by atoms with Crippen molar-refractivity contribution in [3.05, 3.63) is 52.9 Å². The second kappa shape index (κ2) is 7.60. The van der Waals surface area contributed by atoms with Gasteiger partial charge >= 0.3 is 6.18 Å². The first-order valence-corrected chi connectivity index (χ1v) is 8.12. The number of benzene rings is 1. The summed E-state index contributed by atoms with van der Waals surface area (Å²) in [7, 11) is 0. The van der Waals surface area contributed by atoms with Gasteiger partial charge in [-0.05, 0) is 23.8 Å². The van der Waals surface area contributed by atoms with E-state index >= 15 is 0 Å². The van der Waals surface area contributed by atoms with Crippen molar-refractivity contribution in [3.63, 3.8) is 0 Å². The van der Waals surface area contributed by atoms with Gasteiger partial charge in [-0.25, -0.2) is 0 Å². The molecule has 142 valence electrons. The SMILES string of the molecule is O=C(/C=C/c1ccc(C(F)(F)F)cc1)NCC(=O)N1CCc2n[nH]nc2C1. The molecule has 0 unspecified atom stereocenters. The predicted molar refractivity (Wildman–Crippen MR) is 89.0 cm³/mol. The summed E-state index contributed by atoms with van der Waals surface area (Å²) in [5.74, 6) is -0.762. The predicted octanol–water partition coefficient (Wildman–Crippen LogP) is 1.54. The maximum Gasteiger partial charge on any atom is 0.416 e. The first-order valence-electron chi connectivity index (χ1n) is 8.12. The lowest BCUT2D eigenvalue weighted by molar-refractivity contribution is -0.137. The number of halogens is 3. The molecule has 0 aliphatic carbocycles. The number of carbonyl (C=O) groups excluding carboxylic acids is 2. The molecular weight excluding hydrogens is 363 g/mol. The summed E-state index contributed by atoms with van der Waals surface area (Å²) in [5.41, 5.74) is 1.23. The molecule has 0 fully saturated rings. The normalized spacial score (nSPS) is 14.3. The van der Waals surface area contributed by atoms with Crippen LogP contribution in [0.25, 0.3) is 6.08 Å². The summed E-state index contributed by atoms with van der Waals surface area (Å²) in [4.78, 5) is 25.5. The van der Waals surface area contributed by atoms with Gasteiger partial charge in [0, 0.05) is 19.0 Å². The molecule has 2 aromatic rings. The van der Waals surface area contributed by atoms with Crippen molar-refractivity contribution >= 4 is 17.9 Å². The zero-order valence-electron chi connectivity index (χ0n) is 14.1. The topological polar surface area (TPSA) is 91.0 Å². The van der Waals surface area contributed by atoms with Gasteiger partial charge in [-0.15, -0.1) is 0 Å². The van der Waals surface area contributed by atoms with Crippen molar-refractivity contribution in [2.75, 3.05) is 13.1 Å². The fraction of sp³-hybridized carbons (Fsp3) is 0.294. The Labute approximate surface area is 152 Å². The van der Waals surface area contributed by atoms with E-state index in [9.17, 15) is 22.8 Å². The summed E-state index contributed by atoms with van der Waals surface area (Å²) < 4.78 is 37.5. The number of aromatic amines is 1. The van der Waals surface area contributed by atoms with Gasteiger partial charge in [0.2, 0.25) is 11.8 Å². The van der Waals surface area contributed by atoms with E-state index in [4.69, 9.17) is 0 Å². The molecule has 0 saturated carbocycles. The number of fused-ring (bicyclic) bond motifs is 1. The van der Waals surface area contributed by atoms with Crippen LogP contribution in [-0.4, -0.2) is 45.2 Å². The Morgan fingerprint density at radius 3 is 2.59 bits per heavy atom. The van der Waals surface area contributed by atoms with Crippen LogP contribution in [0.4, 0.5) is 13.2 Å². The van der Waals surface area contributed by atoms with E-state index in [1.807, 2.05) is 0 Å². The van der Waals surface area contributed by atoms with Crippen molar-refractivity contribution in [1.82, 2.24) is 25.6 Å². The van der Waals surface area contributed by atoms with Gasteiger partial charge in [0.1, 0.15) is 5.69 Å². The first-order chi connectivity index (χ1) is 12.8. The summed E-state index contributed by atoms with van der Waals surface area (Å²) in [6.45, 7) is 0.654. The van der Waals surface area contributed by atoms with Crippen LogP contribution in [-0.2, 0) is 28.7 Å². The van der Waals surface area contributed by atoms with E-state index in [-0.39, 0.29) is 12.5 Å². The Hall–Kier alpha value is -3.17. The van der Waals surface area contributed by atoms with Gasteiger partial charge in [-0.2, -0.15) is 28.6 Å². The van der Waals surface area contributed by atoms with Crippen LogP contribution in [0.15, 0.2) is 30.3 Å². The highest BCUT2D eigenvalue weighted by atomic mass is 19.4. The number of nitrogens with one attached hydrogen (secondary N) is 2. The van der Waals surface area contributed by atoms with E-state index in [1.54, 1.807) is 4.90 Å². The Kier molecular flexibility index (Phi) is 5.24. The minimum atomic E-state index is -4.40. The highest BCUT2D eigenvalue weighted by Crippen LogP contribution is 2.29. The molecule has 0 saturated heterocycles. The average Bonchev–Trinajstić information content (AvgIpc) is 3.11. The van der Waals surface area contributed by atoms with Crippen LogP contribution in [0, 0.1) is 0 Å². The third-order valence-corrected chi connectivity index (χ3v) is 4.09. The Bertz CT molecular complexity index is 858. The van der Waals surface area contributed by atoms with E-state index in [0.29, 0.717) is 30.8 Å².